The molecule has 0 aliphatic heterocycles. The van der Waals surface area contributed by atoms with E-state index in [0.717, 1.165) is 37.3 Å². The molecule has 1 aromatic carbocycles. The molecule has 0 spiro atoms. The number of nitrogens with zero attached hydrogens (tertiary/aromatic N) is 2. The first-order chi connectivity index (χ1) is 8.60. The lowest BCUT2D eigenvalue weighted by Gasteiger charge is -2.26. The van der Waals surface area contributed by atoms with Crippen LogP contribution in [0.15, 0.2) is 18.2 Å². The van der Waals surface area contributed by atoms with Crippen LogP contribution in [0, 0.1) is 5.82 Å². The van der Waals surface area contributed by atoms with Crippen LogP contribution in [-0.2, 0) is 5.33 Å². The molecule has 0 atom stereocenters. The standard InChI is InChI=1S/C14H22BrFN2/c1-4-18(10-6-9-17(2)3)14-12(11-15)7-5-8-13(14)16/h5,7-8H,4,6,9-11H2,1-3H3. The number of benzene rings is 1. The molecule has 0 radical (unpaired) electrons. The van der Waals surface area contributed by atoms with E-state index < -0.39 is 0 Å². The molecular weight excluding hydrogens is 295 g/mol. The Labute approximate surface area is 118 Å². The van der Waals surface area contributed by atoms with E-state index in [0.29, 0.717) is 5.33 Å². The van der Waals surface area contributed by atoms with Gasteiger partial charge in [0.2, 0.25) is 0 Å². The van der Waals surface area contributed by atoms with Gasteiger partial charge in [-0.2, -0.15) is 0 Å². The first kappa shape index (κ1) is 15.4. The fourth-order valence-electron chi connectivity index (χ4n) is 2.03. The van der Waals surface area contributed by atoms with Gasteiger partial charge in [-0.25, -0.2) is 4.39 Å². The van der Waals surface area contributed by atoms with Gasteiger partial charge in [-0.1, -0.05) is 28.1 Å². The Hall–Kier alpha value is -0.610. The van der Waals surface area contributed by atoms with Gasteiger partial charge in [0, 0.05) is 18.4 Å². The highest BCUT2D eigenvalue weighted by Gasteiger charge is 2.13. The topological polar surface area (TPSA) is 6.48 Å². The van der Waals surface area contributed by atoms with Crippen molar-refractivity contribution in [3.05, 3.63) is 29.6 Å². The summed E-state index contributed by atoms with van der Waals surface area (Å²) in [5.74, 6) is -0.126. The molecule has 18 heavy (non-hydrogen) atoms. The Bertz CT molecular complexity index is 369. The van der Waals surface area contributed by atoms with Crippen molar-refractivity contribution in [2.24, 2.45) is 0 Å². The molecular formula is C14H22BrFN2. The maximum Gasteiger partial charge on any atom is 0.146 e. The molecule has 0 aliphatic rings. The summed E-state index contributed by atoms with van der Waals surface area (Å²) in [6.45, 7) is 4.80. The summed E-state index contributed by atoms with van der Waals surface area (Å²) >= 11 is 3.43. The third-order valence-corrected chi connectivity index (χ3v) is 3.55. The molecule has 0 unspecified atom stereocenters. The van der Waals surface area contributed by atoms with E-state index in [2.05, 4.69) is 46.7 Å². The quantitative estimate of drug-likeness (QED) is 0.710. The summed E-state index contributed by atoms with van der Waals surface area (Å²) in [5.41, 5.74) is 1.76. The number of alkyl halides is 1. The van der Waals surface area contributed by atoms with Crippen molar-refractivity contribution >= 4 is 21.6 Å². The second kappa shape index (κ2) is 7.74. The third kappa shape index (κ3) is 4.25. The molecule has 0 fully saturated rings. The van der Waals surface area contributed by atoms with Gasteiger partial charge in [0.05, 0.1) is 5.69 Å². The van der Waals surface area contributed by atoms with E-state index in [4.69, 9.17) is 0 Å². The smallest absolute Gasteiger partial charge is 0.146 e. The molecule has 102 valence electrons. The molecule has 1 rings (SSSR count). The summed E-state index contributed by atoms with van der Waals surface area (Å²) < 4.78 is 14.0. The molecule has 0 bridgehead atoms. The minimum atomic E-state index is -0.126. The van der Waals surface area contributed by atoms with Gasteiger partial charge in [0.1, 0.15) is 5.82 Å². The molecule has 1 aromatic rings. The average Bonchev–Trinajstić information content (AvgIpc) is 2.34. The van der Waals surface area contributed by atoms with Crippen LogP contribution in [0.5, 0.6) is 0 Å². The van der Waals surface area contributed by atoms with Crippen LogP contribution in [0.1, 0.15) is 18.9 Å². The fraction of sp³-hybridized carbons (Fsp3) is 0.571. The lowest BCUT2D eigenvalue weighted by atomic mass is 10.1. The number of anilines is 1. The first-order valence-corrected chi connectivity index (χ1v) is 7.45. The Kier molecular flexibility index (Phi) is 6.65. The molecule has 0 heterocycles. The Balaban J connectivity index is 2.81. The first-order valence-electron chi connectivity index (χ1n) is 6.33. The highest BCUT2D eigenvalue weighted by molar-refractivity contribution is 9.08. The van der Waals surface area contributed by atoms with Crippen molar-refractivity contribution in [3.63, 3.8) is 0 Å². The summed E-state index contributed by atoms with van der Waals surface area (Å²) in [6.07, 6.45) is 1.04. The molecule has 0 saturated heterocycles. The van der Waals surface area contributed by atoms with Crippen molar-refractivity contribution in [1.29, 1.82) is 0 Å². The summed E-state index contributed by atoms with van der Waals surface area (Å²) in [7, 11) is 4.12. The van der Waals surface area contributed by atoms with Gasteiger partial charge in [-0.05, 0) is 45.6 Å². The van der Waals surface area contributed by atoms with Crippen LogP contribution in [0.3, 0.4) is 0 Å². The van der Waals surface area contributed by atoms with Crippen LogP contribution in [0.25, 0.3) is 0 Å². The van der Waals surface area contributed by atoms with Crippen LogP contribution >= 0.6 is 15.9 Å². The lowest BCUT2D eigenvalue weighted by molar-refractivity contribution is 0.400. The van der Waals surface area contributed by atoms with E-state index in [1.165, 1.54) is 6.07 Å². The molecule has 0 amide bonds. The van der Waals surface area contributed by atoms with Crippen LogP contribution < -0.4 is 4.90 Å². The van der Waals surface area contributed by atoms with Gasteiger partial charge in [0.25, 0.3) is 0 Å². The number of hydrogen-bond donors (Lipinski definition) is 0. The van der Waals surface area contributed by atoms with E-state index in [-0.39, 0.29) is 5.82 Å². The molecule has 4 heteroatoms. The Morgan fingerprint density at radius 3 is 2.50 bits per heavy atom. The number of hydrogen-bond acceptors (Lipinski definition) is 2. The SMILES string of the molecule is CCN(CCCN(C)C)c1c(F)cccc1CBr. The van der Waals surface area contributed by atoms with Crippen molar-refractivity contribution in [2.75, 3.05) is 38.6 Å². The van der Waals surface area contributed by atoms with E-state index in [1.807, 2.05) is 6.07 Å². The normalized spacial score (nSPS) is 11.0. The van der Waals surface area contributed by atoms with Crippen molar-refractivity contribution in [1.82, 2.24) is 4.90 Å². The van der Waals surface area contributed by atoms with Crippen molar-refractivity contribution in [3.8, 4) is 0 Å². The zero-order valence-corrected chi connectivity index (χ0v) is 13.0. The molecule has 0 aliphatic carbocycles. The zero-order chi connectivity index (χ0) is 13.5. The average molecular weight is 317 g/mol. The van der Waals surface area contributed by atoms with E-state index in [1.54, 1.807) is 6.07 Å². The van der Waals surface area contributed by atoms with Crippen LogP contribution in [0.2, 0.25) is 0 Å². The number of halogens is 2. The fourth-order valence-corrected chi connectivity index (χ4v) is 2.48. The predicted molar refractivity (Wildman–Crippen MR) is 80.1 cm³/mol. The minimum Gasteiger partial charge on any atom is -0.369 e. The highest BCUT2D eigenvalue weighted by Crippen LogP contribution is 2.26. The monoisotopic (exact) mass is 316 g/mol. The van der Waals surface area contributed by atoms with Crippen molar-refractivity contribution in [2.45, 2.75) is 18.7 Å². The molecule has 2 nitrogen and oxygen atoms in total. The Morgan fingerprint density at radius 2 is 1.94 bits per heavy atom. The molecule has 0 saturated carbocycles. The lowest BCUT2D eigenvalue weighted by Crippen LogP contribution is -2.28. The largest absolute Gasteiger partial charge is 0.369 e. The third-order valence-electron chi connectivity index (χ3n) is 2.95. The highest BCUT2D eigenvalue weighted by atomic mass is 79.9. The maximum atomic E-state index is 14.0. The predicted octanol–water partition coefficient (Wildman–Crippen LogP) is 3.50. The van der Waals surface area contributed by atoms with E-state index in [9.17, 15) is 4.39 Å². The van der Waals surface area contributed by atoms with Crippen LogP contribution in [0.4, 0.5) is 10.1 Å². The maximum absolute atomic E-state index is 14.0. The van der Waals surface area contributed by atoms with Gasteiger partial charge in [-0.3, -0.25) is 0 Å². The van der Waals surface area contributed by atoms with Gasteiger partial charge < -0.3 is 9.80 Å². The molecule has 0 aromatic heterocycles. The Morgan fingerprint density at radius 1 is 1.22 bits per heavy atom. The summed E-state index contributed by atoms with van der Waals surface area (Å²) in [5, 5.41) is 0.685. The summed E-state index contributed by atoms with van der Waals surface area (Å²) in [6, 6.07) is 5.28. The van der Waals surface area contributed by atoms with Gasteiger partial charge in [0.15, 0.2) is 0 Å². The van der Waals surface area contributed by atoms with E-state index >= 15 is 0 Å². The number of para-hydroxylation sites is 1. The van der Waals surface area contributed by atoms with Crippen molar-refractivity contribution < 1.29 is 4.39 Å². The van der Waals surface area contributed by atoms with Gasteiger partial charge in [-0.15, -0.1) is 0 Å². The van der Waals surface area contributed by atoms with Gasteiger partial charge >= 0.3 is 0 Å². The number of rotatable bonds is 7. The molecule has 0 N–H and O–H groups in total. The minimum absolute atomic E-state index is 0.126. The second-order valence-electron chi connectivity index (χ2n) is 4.62. The zero-order valence-electron chi connectivity index (χ0n) is 11.4. The van der Waals surface area contributed by atoms with Crippen LogP contribution in [-0.4, -0.2) is 38.6 Å². The second-order valence-corrected chi connectivity index (χ2v) is 5.18. The summed E-state index contributed by atoms with van der Waals surface area (Å²) in [4.78, 5) is 4.27.